The van der Waals surface area contributed by atoms with E-state index in [-0.39, 0.29) is 27.1 Å². The van der Waals surface area contributed by atoms with E-state index >= 15 is 0 Å². The third-order valence-electron chi connectivity index (χ3n) is 25.1. The molecule has 113 heavy (non-hydrogen) atoms. The Balaban J connectivity index is 0.000000105. The summed E-state index contributed by atoms with van der Waals surface area (Å²) < 4.78 is 0. The third kappa shape index (κ3) is 12.2. The van der Waals surface area contributed by atoms with E-state index in [1.165, 1.54) is 177 Å². The first-order chi connectivity index (χ1) is 54.9. The van der Waals surface area contributed by atoms with Crippen molar-refractivity contribution in [2.75, 3.05) is 11.9 Å². The van der Waals surface area contributed by atoms with Crippen molar-refractivity contribution in [3.8, 4) is 44.5 Å². The number of nitrogens with one attached hydrogen (secondary N) is 1. The van der Waals surface area contributed by atoms with Crippen molar-refractivity contribution >= 4 is 81.6 Å². The average molecular weight is 1470 g/mol. The number of hydrogen-bond donors (Lipinski definition) is 1. The van der Waals surface area contributed by atoms with Gasteiger partial charge < -0.3 is 5.32 Å². The highest BCUT2D eigenvalue weighted by Gasteiger charge is 2.41. The van der Waals surface area contributed by atoms with Gasteiger partial charge in [-0.15, -0.1) is 0 Å². The zero-order chi connectivity index (χ0) is 78.9. The van der Waals surface area contributed by atoms with Gasteiger partial charge in [0.05, 0.1) is 22.1 Å². The molecule has 0 saturated heterocycles. The zero-order valence-electron chi connectivity index (χ0n) is 68.6. The molecule has 1 atom stereocenters. The predicted octanol–water partition coefficient (Wildman–Crippen LogP) is 29.0. The molecule has 5 nitrogen and oxygen atoms in total. The fourth-order valence-corrected chi connectivity index (χ4v) is 19.8. The van der Waals surface area contributed by atoms with Crippen LogP contribution < -0.4 is 5.32 Å². The Morgan fingerprint density at radius 2 is 0.673 bits per heavy atom. The fourth-order valence-electron chi connectivity index (χ4n) is 19.8. The number of nitrogens with zero attached hydrogens (tertiary/aromatic N) is 4. The van der Waals surface area contributed by atoms with Crippen LogP contribution in [0.3, 0.4) is 0 Å². The number of aromatic nitrogens is 4. The summed E-state index contributed by atoms with van der Waals surface area (Å²) >= 11 is 0. The number of pyridine rings is 4. The highest BCUT2D eigenvalue weighted by Crippen LogP contribution is 2.56. The van der Waals surface area contributed by atoms with E-state index in [1.54, 1.807) is 0 Å². The minimum Gasteiger partial charge on any atom is -0.385 e. The second-order valence-electron chi connectivity index (χ2n) is 32.7. The van der Waals surface area contributed by atoms with Crippen molar-refractivity contribution in [3.63, 3.8) is 0 Å². The Bertz CT molecular complexity index is 6460. The SMILES string of the molecule is CC.CC.CC.CC1(C)c2c(ccc3ccccc23)-c2ccnc3cccc1c23.CC1(C)c2cc3ccccc3cc2-c2ccnc3cccc1c23.CC1(C)c2ccc3ccccc3c2-c2ccnc3cccc1c23.CC1(C)c2ccccc2-c2ccnc3cccc1c23.CC1(C)c2ccccc2C2CCNc3cccc1c32. The number of hydrogen-bond acceptors (Lipinski definition) is 5. The van der Waals surface area contributed by atoms with Crippen LogP contribution in [-0.4, -0.2) is 26.5 Å². The maximum atomic E-state index is 4.60. The first kappa shape index (κ1) is 75.1. The minimum absolute atomic E-state index is 0.0189. The van der Waals surface area contributed by atoms with Crippen LogP contribution in [-0.2, 0) is 27.1 Å². The van der Waals surface area contributed by atoms with E-state index < -0.39 is 0 Å². The molecule has 0 radical (unpaired) electrons. The standard InChI is InChI=1S/3C22H17N.C18H19N.C18H15N.3C2H6/c1-22(2)18-8-5-9-20-21(18)16(10-11-23-20)17-12-14-6-3-4-7-15(14)13-19(17)22;1-22(2)18-8-5-9-19-20(18)16(12-13-23-19)17-11-10-14-6-3-4-7-15(14)21(17)22;1-22(2)17-8-5-9-19-21(17)16(12-13-23-19)20-15-7-4-3-6-14(15)10-11-18(20)22;2*1-18(2)14-7-4-3-6-12(14)13-10-11-19-16-9-5-8-15(18)17(13)16;3*1-2/h3*3-13H,1-2H3;3-9,13,19H,10-11H2,1-2H3;3-11H,1-2H3;3*1-2H3. The van der Waals surface area contributed by atoms with Crippen molar-refractivity contribution in [2.45, 2.75) is 150 Å². The average Bonchev–Trinajstić information content (AvgIpc) is 0.661. The van der Waals surface area contributed by atoms with E-state index in [2.05, 4.69) is 367 Å². The van der Waals surface area contributed by atoms with E-state index in [1.807, 2.05) is 66.3 Å². The van der Waals surface area contributed by atoms with Gasteiger partial charge in [-0.2, -0.15) is 0 Å². The topological polar surface area (TPSA) is 63.6 Å². The quantitative estimate of drug-likeness (QED) is 0.164. The lowest BCUT2D eigenvalue weighted by Gasteiger charge is -2.42. The van der Waals surface area contributed by atoms with E-state index in [9.17, 15) is 0 Å². The number of fused-ring (bicyclic) bond motifs is 15. The van der Waals surface area contributed by atoms with Crippen molar-refractivity contribution in [1.82, 2.24) is 19.9 Å². The zero-order valence-corrected chi connectivity index (χ0v) is 68.6. The molecule has 1 N–H and O–H groups in total. The van der Waals surface area contributed by atoms with E-state index in [0.717, 1.165) is 28.6 Å². The lowest BCUT2D eigenvalue weighted by Crippen LogP contribution is -2.32. The van der Waals surface area contributed by atoms with Crippen molar-refractivity contribution in [2.24, 2.45) is 0 Å². The van der Waals surface area contributed by atoms with Gasteiger partial charge in [-0.05, 0) is 217 Å². The Morgan fingerprint density at radius 1 is 0.274 bits per heavy atom. The first-order valence-electron chi connectivity index (χ1n) is 41.1. The summed E-state index contributed by atoms with van der Waals surface area (Å²) in [7, 11) is 0. The van der Waals surface area contributed by atoms with Crippen LogP contribution in [0.5, 0.6) is 0 Å². The summed E-state index contributed by atoms with van der Waals surface area (Å²) in [4.78, 5) is 18.3. The van der Waals surface area contributed by atoms with Crippen LogP contribution >= 0.6 is 0 Å². The van der Waals surface area contributed by atoms with Crippen LogP contribution in [0.2, 0.25) is 0 Å². The molecule has 1 aliphatic heterocycles. The maximum absolute atomic E-state index is 4.60. The lowest BCUT2D eigenvalue weighted by molar-refractivity contribution is 0.564. The fraction of sp³-hybridized carbons (Fsp3) is 0.222. The van der Waals surface area contributed by atoms with E-state index in [4.69, 9.17) is 0 Å². The van der Waals surface area contributed by atoms with Gasteiger partial charge in [0.15, 0.2) is 0 Å². The molecular weight excluding hydrogens is 1370 g/mol. The second-order valence-corrected chi connectivity index (χ2v) is 32.7. The molecule has 1 unspecified atom stereocenters. The van der Waals surface area contributed by atoms with Crippen LogP contribution in [0.4, 0.5) is 5.69 Å². The Hall–Kier alpha value is -11.9. The molecule has 6 aliphatic rings. The van der Waals surface area contributed by atoms with Gasteiger partial charge in [0, 0.05) is 91.6 Å². The molecule has 0 amide bonds. The molecule has 560 valence electrons. The van der Waals surface area contributed by atoms with Gasteiger partial charge >= 0.3 is 0 Å². The molecular formula is C108H103N5. The maximum Gasteiger partial charge on any atom is 0.0711 e. The summed E-state index contributed by atoms with van der Waals surface area (Å²) in [5.41, 5.74) is 33.7. The number of anilines is 1. The van der Waals surface area contributed by atoms with Gasteiger partial charge in [-0.1, -0.05) is 317 Å². The number of rotatable bonds is 0. The molecule has 0 spiro atoms. The van der Waals surface area contributed by atoms with Gasteiger partial charge in [-0.25, -0.2) is 0 Å². The van der Waals surface area contributed by atoms with Crippen LogP contribution in [0, 0.1) is 0 Å². The first-order valence-corrected chi connectivity index (χ1v) is 41.1. The Kier molecular flexibility index (Phi) is 19.7. The molecule has 0 saturated carbocycles. The Morgan fingerprint density at radius 3 is 1.26 bits per heavy atom. The molecule has 17 aromatic rings. The summed E-state index contributed by atoms with van der Waals surface area (Å²) in [5, 5.41) is 16.7. The molecule has 23 rings (SSSR count). The molecule has 5 heteroatoms. The summed E-state index contributed by atoms with van der Waals surface area (Å²) in [6, 6.07) is 98.9. The molecule has 5 aliphatic carbocycles. The third-order valence-corrected chi connectivity index (χ3v) is 25.1. The normalized spacial score (nSPS) is 15.5. The highest BCUT2D eigenvalue weighted by atomic mass is 14.9. The summed E-state index contributed by atoms with van der Waals surface area (Å²) in [5.74, 6) is 0.580. The van der Waals surface area contributed by atoms with Crippen molar-refractivity contribution in [1.29, 1.82) is 0 Å². The molecule has 0 bridgehead atoms. The smallest absolute Gasteiger partial charge is 0.0711 e. The van der Waals surface area contributed by atoms with Crippen molar-refractivity contribution < 1.29 is 0 Å². The second kappa shape index (κ2) is 29.6. The molecule has 13 aromatic carbocycles. The van der Waals surface area contributed by atoms with Gasteiger partial charge in [0.2, 0.25) is 0 Å². The van der Waals surface area contributed by atoms with Crippen LogP contribution in [0.1, 0.15) is 190 Å². The summed E-state index contributed by atoms with van der Waals surface area (Å²) in [6.45, 7) is 36.4. The Labute approximate surface area is 668 Å². The van der Waals surface area contributed by atoms with Crippen LogP contribution in [0.25, 0.3) is 120 Å². The molecule has 5 heterocycles. The largest absolute Gasteiger partial charge is 0.385 e. The van der Waals surface area contributed by atoms with E-state index in [0.29, 0.717) is 5.92 Å². The van der Waals surface area contributed by atoms with Gasteiger partial charge in [0.25, 0.3) is 0 Å². The summed E-state index contributed by atoms with van der Waals surface area (Å²) in [6.07, 6.45) is 8.91. The predicted molar refractivity (Wildman–Crippen MR) is 484 cm³/mol. The van der Waals surface area contributed by atoms with Gasteiger partial charge in [0.1, 0.15) is 0 Å². The molecule has 4 aromatic heterocycles. The molecule has 0 fully saturated rings. The minimum atomic E-state index is -0.0360. The highest BCUT2D eigenvalue weighted by molar-refractivity contribution is 6.11. The van der Waals surface area contributed by atoms with Crippen LogP contribution in [0.15, 0.2) is 298 Å². The van der Waals surface area contributed by atoms with Gasteiger partial charge in [-0.3, -0.25) is 19.9 Å². The van der Waals surface area contributed by atoms with Crippen molar-refractivity contribution in [3.05, 3.63) is 365 Å². The lowest BCUT2D eigenvalue weighted by atomic mass is 9.63. The monoisotopic (exact) mass is 1470 g/mol. The number of benzene rings is 13.